The first-order chi connectivity index (χ1) is 8.72. The Labute approximate surface area is 119 Å². The second-order valence-corrected chi connectivity index (χ2v) is 6.47. The summed E-state index contributed by atoms with van der Waals surface area (Å²) in [5, 5.41) is 3.76. The molecule has 1 aliphatic rings. The maximum atomic E-state index is 3.76. The van der Waals surface area contributed by atoms with Crippen LogP contribution in [0.3, 0.4) is 0 Å². The lowest BCUT2D eigenvalue weighted by Gasteiger charge is -2.28. The maximum absolute atomic E-state index is 3.76. The molecule has 3 unspecified atom stereocenters. The Bertz CT molecular complexity index is 360. The molecule has 0 amide bonds. The zero-order chi connectivity index (χ0) is 13.0. The fourth-order valence-electron chi connectivity index (χ4n) is 3.16. The third-order valence-corrected chi connectivity index (χ3v) is 4.73. The largest absolute Gasteiger partial charge is 0.310 e. The van der Waals surface area contributed by atoms with Crippen molar-refractivity contribution >= 4 is 15.9 Å². The molecule has 3 atom stereocenters. The molecule has 0 bridgehead atoms. The van der Waals surface area contributed by atoms with Gasteiger partial charge < -0.3 is 5.32 Å². The highest BCUT2D eigenvalue weighted by Crippen LogP contribution is 2.40. The standard InChI is InChI=1S/C16H24BrN/c1-3-11-18-16(15-6-4-5-12(15)2)13-7-9-14(17)10-8-13/h7-10,12,15-16,18H,3-6,11H2,1-2H3. The van der Waals surface area contributed by atoms with Crippen LogP contribution in [-0.2, 0) is 0 Å². The summed E-state index contributed by atoms with van der Waals surface area (Å²) in [4.78, 5) is 0. The van der Waals surface area contributed by atoms with E-state index in [0.717, 1.165) is 18.4 Å². The third kappa shape index (κ3) is 3.36. The Morgan fingerprint density at radius 1 is 1.28 bits per heavy atom. The van der Waals surface area contributed by atoms with E-state index in [4.69, 9.17) is 0 Å². The van der Waals surface area contributed by atoms with Gasteiger partial charge in [0.15, 0.2) is 0 Å². The molecule has 0 saturated heterocycles. The van der Waals surface area contributed by atoms with Crippen molar-refractivity contribution < 1.29 is 0 Å². The molecule has 0 spiro atoms. The Morgan fingerprint density at radius 3 is 2.56 bits per heavy atom. The average Bonchev–Trinajstić information content (AvgIpc) is 2.78. The number of hydrogen-bond acceptors (Lipinski definition) is 1. The fourth-order valence-corrected chi connectivity index (χ4v) is 3.42. The number of rotatable bonds is 5. The number of hydrogen-bond donors (Lipinski definition) is 1. The van der Waals surface area contributed by atoms with E-state index >= 15 is 0 Å². The van der Waals surface area contributed by atoms with Crippen LogP contribution in [0.5, 0.6) is 0 Å². The SMILES string of the molecule is CCCNC(c1ccc(Br)cc1)C1CCCC1C. The van der Waals surface area contributed by atoms with Crippen molar-refractivity contribution in [3.8, 4) is 0 Å². The first-order valence-electron chi connectivity index (χ1n) is 7.21. The molecular weight excluding hydrogens is 286 g/mol. The van der Waals surface area contributed by atoms with E-state index in [0.29, 0.717) is 6.04 Å². The molecule has 1 aromatic rings. The molecule has 0 radical (unpaired) electrons. The van der Waals surface area contributed by atoms with Gasteiger partial charge >= 0.3 is 0 Å². The second kappa shape index (κ2) is 6.72. The van der Waals surface area contributed by atoms with Gasteiger partial charge in [0.2, 0.25) is 0 Å². The van der Waals surface area contributed by atoms with Crippen molar-refractivity contribution in [1.82, 2.24) is 5.32 Å². The molecular formula is C16H24BrN. The van der Waals surface area contributed by atoms with Gasteiger partial charge in [-0.05, 0) is 48.9 Å². The summed E-state index contributed by atoms with van der Waals surface area (Å²) in [6.45, 7) is 5.77. The van der Waals surface area contributed by atoms with Crippen molar-refractivity contribution in [2.75, 3.05) is 6.54 Å². The van der Waals surface area contributed by atoms with Gasteiger partial charge in [-0.3, -0.25) is 0 Å². The van der Waals surface area contributed by atoms with Gasteiger partial charge in [-0.1, -0.05) is 54.8 Å². The number of benzene rings is 1. The number of halogens is 1. The predicted molar refractivity (Wildman–Crippen MR) is 81.7 cm³/mol. The highest BCUT2D eigenvalue weighted by molar-refractivity contribution is 9.10. The molecule has 0 aromatic heterocycles. The Morgan fingerprint density at radius 2 is 2.00 bits per heavy atom. The van der Waals surface area contributed by atoms with E-state index < -0.39 is 0 Å². The monoisotopic (exact) mass is 309 g/mol. The van der Waals surface area contributed by atoms with Crippen LogP contribution in [0.25, 0.3) is 0 Å². The minimum absolute atomic E-state index is 0.538. The van der Waals surface area contributed by atoms with Gasteiger partial charge in [-0.2, -0.15) is 0 Å². The van der Waals surface area contributed by atoms with Gasteiger partial charge in [0, 0.05) is 10.5 Å². The molecule has 2 heteroatoms. The van der Waals surface area contributed by atoms with Gasteiger partial charge in [-0.25, -0.2) is 0 Å². The lowest BCUT2D eigenvalue weighted by molar-refractivity contribution is 0.302. The lowest BCUT2D eigenvalue weighted by Crippen LogP contribution is -2.30. The summed E-state index contributed by atoms with van der Waals surface area (Å²) < 4.78 is 1.17. The van der Waals surface area contributed by atoms with Crippen molar-refractivity contribution in [3.05, 3.63) is 34.3 Å². The lowest BCUT2D eigenvalue weighted by atomic mass is 9.86. The summed E-state index contributed by atoms with van der Waals surface area (Å²) >= 11 is 3.52. The smallest absolute Gasteiger partial charge is 0.0351 e. The van der Waals surface area contributed by atoms with Crippen LogP contribution in [0, 0.1) is 11.8 Å². The quantitative estimate of drug-likeness (QED) is 0.813. The molecule has 1 saturated carbocycles. The minimum atomic E-state index is 0.538. The van der Waals surface area contributed by atoms with E-state index in [9.17, 15) is 0 Å². The summed E-state index contributed by atoms with van der Waals surface area (Å²) in [6, 6.07) is 9.39. The van der Waals surface area contributed by atoms with E-state index in [1.165, 1.54) is 35.7 Å². The van der Waals surface area contributed by atoms with Crippen LogP contribution in [0.15, 0.2) is 28.7 Å². The van der Waals surface area contributed by atoms with Gasteiger partial charge in [0.1, 0.15) is 0 Å². The highest BCUT2D eigenvalue weighted by atomic mass is 79.9. The molecule has 1 N–H and O–H groups in total. The van der Waals surface area contributed by atoms with Crippen molar-refractivity contribution in [2.24, 2.45) is 11.8 Å². The van der Waals surface area contributed by atoms with Gasteiger partial charge in [-0.15, -0.1) is 0 Å². The fraction of sp³-hybridized carbons (Fsp3) is 0.625. The molecule has 18 heavy (non-hydrogen) atoms. The van der Waals surface area contributed by atoms with E-state index in [1.807, 2.05) is 0 Å². The topological polar surface area (TPSA) is 12.0 Å². The van der Waals surface area contributed by atoms with Crippen molar-refractivity contribution in [3.63, 3.8) is 0 Å². The van der Waals surface area contributed by atoms with Crippen LogP contribution in [0.2, 0.25) is 0 Å². The Kier molecular flexibility index (Phi) is 5.25. The second-order valence-electron chi connectivity index (χ2n) is 5.56. The number of nitrogens with one attached hydrogen (secondary N) is 1. The maximum Gasteiger partial charge on any atom is 0.0351 e. The molecule has 2 rings (SSSR count). The summed E-state index contributed by atoms with van der Waals surface area (Å²) in [7, 11) is 0. The van der Waals surface area contributed by atoms with Crippen LogP contribution in [-0.4, -0.2) is 6.54 Å². The van der Waals surface area contributed by atoms with Crippen molar-refractivity contribution in [1.29, 1.82) is 0 Å². The average molecular weight is 310 g/mol. The molecule has 1 nitrogen and oxygen atoms in total. The normalized spacial score (nSPS) is 25.3. The zero-order valence-electron chi connectivity index (χ0n) is 11.5. The first kappa shape index (κ1) is 14.1. The molecule has 0 aliphatic heterocycles. The molecule has 0 heterocycles. The third-order valence-electron chi connectivity index (χ3n) is 4.20. The highest BCUT2D eigenvalue weighted by Gasteiger charge is 2.31. The molecule has 1 aromatic carbocycles. The van der Waals surface area contributed by atoms with E-state index in [2.05, 4.69) is 59.4 Å². The molecule has 1 aliphatic carbocycles. The molecule has 100 valence electrons. The van der Waals surface area contributed by atoms with Crippen molar-refractivity contribution in [2.45, 2.75) is 45.6 Å². The Balaban J connectivity index is 2.15. The first-order valence-corrected chi connectivity index (χ1v) is 8.00. The summed E-state index contributed by atoms with van der Waals surface area (Å²) in [5.41, 5.74) is 1.45. The van der Waals surface area contributed by atoms with Crippen LogP contribution >= 0.6 is 15.9 Å². The molecule has 1 fully saturated rings. The Hall–Kier alpha value is -0.340. The van der Waals surface area contributed by atoms with Gasteiger partial charge in [0.05, 0.1) is 0 Å². The van der Waals surface area contributed by atoms with Crippen LogP contribution < -0.4 is 5.32 Å². The predicted octanol–water partition coefficient (Wildman–Crippen LogP) is 4.93. The summed E-state index contributed by atoms with van der Waals surface area (Å²) in [6.07, 6.45) is 5.37. The minimum Gasteiger partial charge on any atom is -0.310 e. The van der Waals surface area contributed by atoms with E-state index in [-0.39, 0.29) is 0 Å². The zero-order valence-corrected chi connectivity index (χ0v) is 13.0. The van der Waals surface area contributed by atoms with E-state index in [1.54, 1.807) is 0 Å². The summed E-state index contributed by atoms with van der Waals surface area (Å²) in [5.74, 6) is 1.65. The van der Waals surface area contributed by atoms with Crippen LogP contribution in [0.1, 0.15) is 51.1 Å². The van der Waals surface area contributed by atoms with Gasteiger partial charge in [0.25, 0.3) is 0 Å². The van der Waals surface area contributed by atoms with Crippen LogP contribution in [0.4, 0.5) is 0 Å².